The number of aromatic nitrogens is 2. The molecule has 8 nitrogen and oxygen atoms in total. The molecule has 3 aromatic rings. The molecule has 0 atom stereocenters. The van der Waals surface area contributed by atoms with E-state index in [2.05, 4.69) is 15.5 Å². The standard InChI is InChI=1S/C20H21ClN4O4/c1-25(20(26)22-16-5-3-4-6-17(16)27-2)12-11-18-23-19(29-24-18)13-28-15-9-7-14(21)8-10-15/h3-10H,11-13H2,1-2H3,(H,22,26). The first-order valence-electron chi connectivity index (χ1n) is 8.90. The smallest absolute Gasteiger partial charge is 0.321 e. The second kappa shape index (κ2) is 9.79. The number of ether oxygens (including phenoxy) is 2. The van der Waals surface area contributed by atoms with Gasteiger partial charge in [-0.25, -0.2) is 4.79 Å². The van der Waals surface area contributed by atoms with Crippen molar-refractivity contribution in [2.24, 2.45) is 0 Å². The SMILES string of the molecule is COc1ccccc1NC(=O)N(C)CCc1noc(COc2ccc(Cl)cc2)n1. The van der Waals surface area contributed by atoms with Gasteiger partial charge < -0.3 is 24.2 Å². The second-order valence-corrected chi connectivity index (χ2v) is 6.59. The Kier molecular flexibility index (Phi) is 6.91. The number of nitrogens with one attached hydrogen (secondary N) is 1. The average molecular weight is 417 g/mol. The quantitative estimate of drug-likeness (QED) is 0.596. The highest BCUT2D eigenvalue weighted by atomic mass is 35.5. The summed E-state index contributed by atoms with van der Waals surface area (Å²) in [4.78, 5) is 18.2. The molecule has 0 spiro atoms. The largest absolute Gasteiger partial charge is 0.495 e. The number of benzene rings is 2. The summed E-state index contributed by atoms with van der Waals surface area (Å²) in [5.74, 6) is 2.10. The topological polar surface area (TPSA) is 89.7 Å². The maximum Gasteiger partial charge on any atom is 0.321 e. The lowest BCUT2D eigenvalue weighted by Crippen LogP contribution is -2.33. The van der Waals surface area contributed by atoms with Crippen LogP contribution in [0.4, 0.5) is 10.5 Å². The fourth-order valence-corrected chi connectivity index (χ4v) is 2.58. The van der Waals surface area contributed by atoms with Crippen LogP contribution in [0, 0.1) is 0 Å². The van der Waals surface area contributed by atoms with Gasteiger partial charge in [0.05, 0.1) is 12.8 Å². The van der Waals surface area contributed by atoms with Gasteiger partial charge in [0.1, 0.15) is 11.5 Å². The molecule has 1 N–H and O–H groups in total. The summed E-state index contributed by atoms with van der Waals surface area (Å²) in [7, 11) is 3.24. The minimum Gasteiger partial charge on any atom is -0.495 e. The van der Waals surface area contributed by atoms with Crippen molar-refractivity contribution in [2.45, 2.75) is 13.0 Å². The zero-order chi connectivity index (χ0) is 20.6. The lowest BCUT2D eigenvalue weighted by molar-refractivity contribution is 0.222. The Labute approximate surface area is 173 Å². The summed E-state index contributed by atoms with van der Waals surface area (Å²) < 4.78 is 16.0. The highest BCUT2D eigenvalue weighted by molar-refractivity contribution is 6.30. The van der Waals surface area contributed by atoms with Gasteiger partial charge in [0.25, 0.3) is 5.89 Å². The van der Waals surface area contributed by atoms with Crippen LogP contribution in [0.25, 0.3) is 0 Å². The maximum atomic E-state index is 12.4. The van der Waals surface area contributed by atoms with Crippen molar-refractivity contribution in [3.05, 3.63) is 65.3 Å². The molecular weight excluding hydrogens is 396 g/mol. The van der Waals surface area contributed by atoms with E-state index in [1.165, 1.54) is 4.90 Å². The molecule has 0 radical (unpaired) electrons. The van der Waals surface area contributed by atoms with E-state index in [1.54, 1.807) is 50.6 Å². The van der Waals surface area contributed by atoms with Crippen LogP contribution in [0.5, 0.6) is 11.5 Å². The molecule has 2 aromatic carbocycles. The van der Waals surface area contributed by atoms with Gasteiger partial charge in [0.15, 0.2) is 12.4 Å². The number of para-hydroxylation sites is 2. The number of nitrogens with zero attached hydrogens (tertiary/aromatic N) is 3. The number of urea groups is 1. The molecule has 2 amide bonds. The number of hydrogen-bond acceptors (Lipinski definition) is 6. The van der Waals surface area contributed by atoms with Gasteiger partial charge in [0, 0.05) is 25.0 Å². The molecule has 0 saturated carbocycles. The van der Waals surface area contributed by atoms with Crippen LogP contribution in [0.2, 0.25) is 5.02 Å². The summed E-state index contributed by atoms with van der Waals surface area (Å²) in [5.41, 5.74) is 0.605. The van der Waals surface area contributed by atoms with Gasteiger partial charge in [-0.3, -0.25) is 0 Å². The van der Waals surface area contributed by atoms with Crippen molar-refractivity contribution >= 4 is 23.3 Å². The van der Waals surface area contributed by atoms with Gasteiger partial charge in [-0.2, -0.15) is 4.98 Å². The summed E-state index contributed by atoms with van der Waals surface area (Å²) in [6, 6.07) is 13.9. The maximum absolute atomic E-state index is 12.4. The van der Waals surface area contributed by atoms with Crippen LogP contribution in [0.1, 0.15) is 11.7 Å². The predicted octanol–water partition coefficient (Wildman–Crippen LogP) is 4.02. The average Bonchev–Trinajstić information content (AvgIpc) is 3.20. The summed E-state index contributed by atoms with van der Waals surface area (Å²) in [5, 5.41) is 7.37. The molecule has 3 rings (SSSR count). The summed E-state index contributed by atoms with van der Waals surface area (Å²) >= 11 is 5.84. The fourth-order valence-electron chi connectivity index (χ4n) is 2.45. The van der Waals surface area contributed by atoms with E-state index in [4.69, 9.17) is 25.6 Å². The molecule has 9 heteroatoms. The van der Waals surface area contributed by atoms with Crippen LogP contribution in [0.3, 0.4) is 0 Å². The molecule has 0 aliphatic heterocycles. The molecule has 0 unspecified atom stereocenters. The predicted molar refractivity (Wildman–Crippen MR) is 108 cm³/mol. The highest BCUT2D eigenvalue weighted by Crippen LogP contribution is 2.23. The van der Waals surface area contributed by atoms with Crippen molar-refractivity contribution in [1.82, 2.24) is 15.0 Å². The first-order valence-corrected chi connectivity index (χ1v) is 9.28. The van der Waals surface area contributed by atoms with Gasteiger partial charge in [0.2, 0.25) is 0 Å². The van der Waals surface area contributed by atoms with Crippen molar-refractivity contribution < 1.29 is 18.8 Å². The molecule has 152 valence electrons. The number of likely N-dealkylation sites (N-methyl/N-ethyl adjacent to an activating group) is 1. The van der Waals surface area contributed by atoms with E-state index < -0.39 is 0 Å². The molecule has 0 saturated heterocycles. The minimum absolute atomic E-state index is 0.152. The third-order valence-corrected chi connectivity index (χ3v) is 4.30. The van der Waals surface area contributed by atoms with E-state index in [0.717, 1.165) is 0 Å². The monoisotopic (exact) mass is 416 g/mol. The number of rotatable bonds is 8. The minimum atomic E-state index is -0.260. The zero-order valence-corrected chi connectivity index (χ0v) is 16.8. The first kappa shape index (κ1) is 20.5. The Morgan fingerprint density at radius 3 is 2.72 bits per heavy atom. The number of halogens is 1. The first-order chi connectivity index (χ1) is 14.0. The van der Waals surface area contributed by atoms with E-state index in [1.807, 2.05) is 12.1 Å². The van der Waals surface area contributed by atoms with Crippen LogP contribution in [-0.4, -0.2) is 41.8 Å². The third-order valence-electron chi connectivity index (χ3n) is 4.05. The fraction of sp³-hybridized carbons (Fsp3) is 0.250. The lowest BCUT2D eigenvalue weighted by Gasteiger charge is -2.18. The van der Waals surface area contributed by atoms with Gasteiger partial charge in [-0.15, -0.1) is 0 Å². The number of methoxy groups -OCH3 is 1. The summed E-state index contributed by atoms with van der Waals surface area (Å²) in [6.45, 7) is 0.566. The van der Waals surface area contributed by atoms with Gasteiger partial charge >= 0.3 is 6.03 Å². The lowest BCUT2D eigenvalue weighted by atomic mass is 10.3. The van der Waals surface area contributed by atoms with E-state index >= 15 is 0 Å². The Hall–Kier alpha value is -3.26. The molecule has 0 aliphatic rings. The molecular formula is C20H21ClN4O4. The number of hydrogen-bond donors (Lipinski definition) is 1. The number of anilines is 1. The number of carbonyl (C=O) groups excluding carboxylic acids is 1. The Bertz CT molecular complexity index is 946. The molecule has 29 heavy (non-hydrogen) atoms. The van der Waals surface area contributed by atoms with Gasteiger partial charge in [-0.1, -0.05) is 28.9 Å². The Morgan fingerprint density at radius 1 is 1.21 bits per heavy atom. The molecule has 0 fully saturated rings. The van der Waals surface area contributed by atoms with Gasteiger partial charge in [-0.05, 0) is 36.4 Å². The van der Waals surface area contributed by atoms with Crippen molar-refractivity contribution in [3.63, 3.8) is 0 Å². The van der Waals surface area contributed by atoms with E-state index in [9.17, 15) is 4.79 Å². The Balaban J connectivity index is 1.47. The van der Waals surface area contributed by atoms with Crippen molar-refractivity contribution in [2.75, 3.05) is 26.0 Å². The third kappa shape index (κ3) is 5.86. The normalized spacial score (nSPS) is 10.4. The van der Waals surface area contributed by atoms with Crippen LogP contribution in [-0.2, 0) is 13.0 Å². The second-order valence-electron chi connectivity index (χ2n) is 6.15. The van der Waals surface area contributed by atoms with Crippen LogP contribution >= 0.6 is 11.6 Å². The van der Waals surface area contributed by atoms with Crippen LogP contribution in [0.15, 0.2) is 53.1 Å². The van der Waals surface area contributed by atoms with E-state index in [0.29, 0.717) is 46.9 Å². The molecule has 0 aliphatic carbocycles. The summed E-state index contributed by atoms with van der Waals surface area (Å²) in [6.07, 6.45) is 0.445. The van der Waals surface area contributed by atoms with Crippen molar-refractivity contribution in [1.29, 1.82) is 0 Å². The number of amides is 2. The Morgan fingerprint density at radius 2 is 1.97 bits per heavy atom. The van der Waals surface area contributed by atoms with Crippen LogP contribution < -0.4 is 14.8 Å². The van der Waals surface area contributed by atoms with Crippen molar-refractivity contribution in [3.8, 4) is 11.5 Å². The zero-order valence-electron chi connectivity index (χ0n) is 16.1. The number of carbonyl (C=O) groups is 1. The molecule has 0 bridgehead atoms. The molecule has 1 aromatic heterocycles. The van der Waals surface area contributed by atoms with E-state index in [-0.39, 0.29) is 12.6 Å². The molecule has 1 heterocycles. The highest BCUT2D eigenvalue weighted by Gasteiger charge is 2.13.